The zero-order chi connectivity index (χ0) is 11.8. The summed E-state index contributed by atoms with van der Waals surface area (Å²) in [6.07, 6.45) is 7.47. The van der Waals surface area contributed by atoms with E-state index >= 15 is 0 Å². The smallest absolute Gasteiger partial charge is 0.208 e. The molecule has 3 aromatic rings. The Morgan fingerprint density at radius 2 is 2.35 bits per heavy atom. The molecule has 3 heterocycles. The number of H-pyrrole nitrogens is 1. The van der Waals surface area contributed by atoms with Gasteiger partial charge in [-0.3, -0.25) is 4.98 Å². The van der Waals surface area contributed by atoms with Gasteiger partial charge in [0.15, 0.2) is 5.58 Å². The summed E-state index contributed by atoms with van der Waals surface area (Å²) >= 11 is 0. The fourth-order valence-corrected chi connectivity index (χ4v) is 2.06. The highest BCUT2D eigenvalue weighted by molar-refractivity contribution is 6.06. The van der Waals surface area contributed by atoms with Crippen LogP contribution < -0.4 is 0 Å². The summed E-state index contributed by atoms with van der Waals surface area (Å²) in [7, 11) is 0. The summed E-state index contributed by atoms with van der Waals surface area (Å²) in [6, 6.07) is 3.79. The van der Waals surface area contributed by atoms with Crippen LogP contribution in [0.15, 0.2) is 41.5 Å². The van der Waals surface area contributed by atoms with Gasteiger partial charge in [-0.05, 0) is 19.1 Å². The van der Waals surface area contributed by atoms with Crippen molar-refractivity contribution in [1.29, 1.82) is 0 Å². The molecule has 0 fully saturated rings. The van der Waals surface area contributed by atoms with Crippen molar-refractivity contribution >= 4 is 28.3 Å². The first-order chi connectivity index (χ1) is 8.31. The Hall–Kier alpha value is -2.29. The average molecular weight is 224 g/mol. The third-order valence-electron chi connectivity index (χ3n) is 2.82. The first-order valence-corrected chi connectivity index (χ1v) is 5.46. The van der Waals surface area contributed by atoms with E-state index in [1.165, 1.54) is 0 Å². The number of hydrogen-bond acceptors (Lipinski definition) is 2. The third kappa shape index (κ3) is 1.40. The van der Waals surface area contributed by atoms with Crippen molar-refractivity contribution in [2.45, 2.75) is 6.92 Å². The van der Waals surface area contributed by atoms with Crippen LogP contribution in [0.2, 0.25) is 0 Å². The number of aryl methyl sites for hydroxylation is 1. The first kappa shape index (κ1) is 9.90. The molecule has 3 nitrogen and oxygen atoms in total. The molecule has 3 heteroatoms. The molecule has 84 valence electrons. The molecule has 0 spiro atoms. The molecule has 0 aromatic carbocycles. The molecule has 0 saturated carbocycles. The van der Waals surface area contributed by atoms with E-state index in [-0.39, 0.29) is 0 Å². The van der Waals surface area contributed by atoms with E-state index in [2.05, 4.69) is 16.5 Å². The van der Waals surface area contributed by atoms with E-state index in [1.54, 1.807) is 12.3 Å². The molecule has 0 radical (unpaired) electrons. The minimum Gasteiger partial charge on any atom is -0.438 e. The molecule has 1 N–H and O–H groups in total. The lowest BCUT2D eigenvalue weighted by Crippen LogP contribution is -1.77. The standard InChI is InChI=1S/C14H12N2O/c1-3-4-6-10-9(2)16-14-12(10)13-11(17-14)7-5-8-15-13/h3-8,16H,1H2,2H3/b6-4-. The zero-order valence-corrected chi connectivity index (χ0v) is 9.53. The second-order valence-corrected chi connectivity index (χ2v) is 3.91. The lowest BCUT2D eigenvalue weighted by atomic mass is 10.1. The molecule has 0 saturated heterocycles. The third-order valence-corrected chi connectivity index (χ3v) is 2.82. The lowest BCUT2D eigenvalue weighted by molar-refractivity contribution is 0.654. The average Bonchev–Trinajstić information content (AvgIpc) is 2.82. The number of nitrogens with one attached hydrogen (secondary N) is 1. The molecule has 0 unspecified atom stereocenters. The predicted octanol–water partition coefficient (Wildman–Crippen LogP) is 3.82. The van der Waals surface area contributed by atoms with Crippen molar-refractivity contribution in [3.05, 3.63) is 48.3 Å². The molecule has 0 aliphatic carbocycles. The Kier molecular flexibility index (Phi) is 2.11. The number of furan rings is 1. The summed E-state index contributed by atoms with van der Waals surface area (Å²) in [6.45, 7) is 5.70. The zero-order valence-electron chi connectivity index (χ0n) is 9.53. The van der Waals surface area contributed by atoms with Crippen molar-refractivity contribution in [1.82, 2.24) is 9.97 Å². The summed E-state index contributed by atoms with van der Waals surface area (Å²) in [5, 5.41) is 1.04. The van der Waals surface area contributed by atoms with Crippen LogP contribution in [0.5, 0.6) is 0 Å². The van der Waals surface area contributed by atoms with Crippen LogP contribution in [0, 0.1) is 6.92 Å². The van der Waals surface area contributed by atoms with E-state index in [0.29, 0.717) is 0 Å². The lowest BCUT2D eigenvalue weighted by Gasteiger charge is -1.92. The molecule has 0 aliphatic heterocycles. The maximum atomic E-state index is 5.72. The minimum atomic E-state index is 0.778. The van der Waals surface area contributed by atoms with E-state index in [4.69, 9.17) is 4.42 Å². The summed E-state index contributed by atoms with van der Waals surface area (Å²) in [4.78, 5) is 7.61. The molecule has 0 atom stereocenters. The SMILES string of the molecule is C=C/C=C\c1c(C)[nH]c2oc3cccnc3c12. The number of fused-ring (bicyclic) bond motifs is 3. The monoisotopic (exact) mass is 224 g/mol. The van der Waals surface area contributed by atoms with Crippen LogP contribution in [0.3, 0.4) is 0 Å². The predicted molar refractivity (Wildman–Crippen MR) is 69.8 cm³/mol. The van der Waals surface area contributed by atoms with Gasteiger partial charge in [0.1, 0.15) is 5.52 Å². The molecule has 17 heavy (non-hydrogen) atoms. The van der Waals surface area contributed by atoms with E-state index in [9.17, 15) is 0 Å². The molecule has 3 aromatic heterocycles. The van der Waals surface area contributed by atoms with E-state index in [0.717, 1.165) is 33.5 Å². The summed E-state index contributed by atoms with van der Waals surface area (Å²) < 4.78 is 5.72. The first-order valence-electron chi connectivity index (χ1n) is 5.46. The number of aromatic nitrogens is 2. The van der Waals surface area contributed by atoms with Gasteiger partial charge in [0.05, 0.1) is 5.39 Å². The Morgan fingerprint density at radius 3 is 3.18 bits per heavy atom. The molecular formula is C14H12N2O. The fourth-order valence-electron chi connectivity index (χ4n) is 2.06. The van der Waals surface area contributed by atoms with Gasteiger partial charge in [0, 0.05) is 17.5 Å². The number of hydrogen-bond donors (Lipinski definition) is 1. The Balaban J connectivity index is 2.42. The van der Waals surface area contributed by atoms with Crippen molar-refractivity contribution in [3.63, 3.8) is 0 Å². The molecule has 0 bridgehead atoms. The van der Waals surface area contributed by atoms with E-state index < -0.39 is 0 Å². The second-order valence-electron chi connectivity index (χ2n) is 3.91. The number of nitrogens with zero attached hydrogens (tertiary/aromatic N) is 1. The second kappa shape index (κ2) is 3.63. The topological polar surface area (TPSA) is 41.8 Å². The quantitative estimate of drug-likeness (QED) is 0.672. The van der Waals surface area contributed by atoms with Crippen LogP contribution in [0.25, 0.3) is 28.3 Å². The Morgan fingerprint density at radius 1 is 1.47 bits per heavy atom. The Labute approximate surface area is 98.5 Å². The van der Waals surface area contributed by atoms with Crippen molar-refractivity contribution < 1.29 is 4.42 Å². The van der Waals surface area contributed by atoms with Gasteiger partial charge < -0.3 is 9.40 Å². The number of pyridine rings is 1. The number of allylic oxidation sites excluding steroid dienone is 2. The van der Waals surface area contributed by atoms with Gasteiger partial charge in [-0.1, -0.05) is 24.8 Å². The highest BCUT2D eigenvalue weighted by Crippen LogP contribution is 2.32. The van der Waals surface area contributed by atoms with Crippen molar-refractivity contribution in [2.24, 2.45) is 0 Å². The van der Waals surface area contributed by atoms with Gasteiger partial charge in [0.2, 0.25) is 5.71 Å². The molecule has 0 aliphatic rings. The minimum absolute atomic E-state index is 0.778. The van der Waals surface area contributed by atoms with Crippen LogP contribution in [-0.2, 0) is 0 Å². The van der Waals surface area contributed by atoms with Crippen molar-refractivity contribution in [3.8, 4) is 0 Å². The maximum absolute atomic E-state index is 5.72. The largest absolute Gasteiger partial charge is 0.438 e. The van der Waals surface area contributed by atoms with Crippen LogP contribution in [0.1, 0.15) is 11.3 Å². The van der Waals surface area contributed by atoms with Crippen LogP contribution in [0.4, 0.5) is 0 Å². The molecule has 3 rings (SSSR count). The normalized spacial score (nSPS) is 11.8. The van der Waals surface area contributed by atoms with Crippen LogP contribution in [-0.4, -0.2) is 9.97 Å². The molecule has 0 amide bonds. The fraction of sp³-hybridized carbons (Fsp3) is 0.0714. The highest BCUT2D eigenvalue weighted by atomic mass is 16.3. The number of rotatable bonds is 2. The van der Waals surface area contributed by atoms with Crippen LogP contribution >= 0.6 is 0 Å². The van der Waals surface area contributed by atoms with Gasteiger partial charge in [-0.15, -0.1) is 0 Å². The number of aromatic amines is 1. The maximum Gasteiger partial charge on any atom is 0.208 e. The summed E-state index contributed by atoms with van der Waals surface area (Å²) in [5.41, 5.74) is 4.67. The van der Waals surface area contributed by atoms with Gasteiger partial charge in [-0.25, -0.2) is 0 Å². The van der Waals surface area contributed by atoms with Gasteiger partial charge in [0.25, 0.3) is 0 Å². The highest BCUT2D eigenvalue weighted by Gasteiger charge is 2.14. The Bertz CT molecular complexity index is 731. The molecular weight excluding hydrogens is 212 g/mol. The van der Waals surface area contributed by atoms with Crippen molar-refractivity contribution in [2.75, 3.05) is 0 Å². The summed E-state index contributed by atoms with van der Waals surface area (Å²) in [5.74, 6) is 0. The van der Waals surface area contributed by atoms with E-state index in [1.807, 2.05) is 31.2 Å². The van der Waals surface area contributed by atoms with Gasteiger partial charge in [-0.2, -0.15) is 0 Å². The van der Waals surface area contributed by atoms with Gasteiger partial charge >= 0.3 is 0 Å².